The summed E-state index contributed by atoms with van der Waals surface area (Å²) in [6.07, 6.45) is 0.330. The second kappa shape index (κ2) is 6.48. The van der Waals surface area contributed by atoms with Gasteiger partial charge in [-0.2, -0.15) is 0 Å². The molecule has 0 fully saturated rings. The quantitative estimate of drug-likeness (QED) is 0.772. The van der Waals surface area contributed by atoms with E-state index in [1.54, 1.807) is 0 Å². The molecular formula is C15H12F2OS. The summed E-state index contributed by atoms with van der Waals surface area (Å²) in [5, 5.41) is 0. The van der Waals surface area contributed by atoms with Gasteiger partial charge in [0.15, 0.2) is 0 Å². The largest absolute Gasteiger partial charge is 0.298 e. The lowest BCUT2D eigenvalue weighted by molar-refractivity contribution is -0.116. The highest BCUT2D eigenvalue weighted by atomic mass is 32.2. The van der Waals surface area contributed by atoms with Crippen LogP contribution in [0.1, 0.15) is 5.56 Å². The molecule has 0 atom stereocenters. The van der Waals surface area contributed by atoms with E-state index in [1.165, 1.54) is 12.1 Å². The number of carbonyl (C=O) groups excluding carboxylic acids is 1. The van der Waals surface area contributed by atoms with Crippen molar-refractivity contribution in [2.75, 3.05) is 5.75 Å². The van der Waals surface area contributed by atoms with Gasteiger partial charge < -0.3 is 0 Å². The Bertz CT molecular complexity index is 570. The molecule has 2 rings (SSSR count). The van der Waals surface area contributed by atoms with Crippen LogP contribution in [0.2, 0.25) is 0 Å². The van der Waals surface area contributed by atoms with Gasteiger partial charge >= 0.3 is 0 Å². The standard InChI is InChI=1S/C15H12F2OS/c16-12-6-7-15(14(17)9-12)19-10-13(18)8-11-4-2-1-3-5-11/h1-7,9H,8,10H2. The van der Waals surface area contributed by atoms with Crippen molar-refractivity contribution >= 4 is 17.5 Å². The predicted molar refractivity (Wildman–Crippen MR) is 72.2 cm³/mol. The Hall–Kier alpha value is -1.68. The summed E-state index contributed by atoms with van der Waals surface area (Å²) in [6, 6.07) is 12.7. The average molecular weight is 278 g/mol. The van der Waals surface area contributed by atoms with Crippen molar-refractivity contribution in [1.29, 1.82) is 0 Å². The van der Waals surface area contributed by atoms with E-state index in [0.29, 0.717) is 11.3 Å². The first-order valence-electron chi connectivity index (χ1n) is 5.78. The van der Waals surface area contributed by atoms with E-state index in [9.17, 15) is 13.6 Å². The molecule has 0 aromatic heterocycles. The first-order chi connectivity index (χ1) is 9.15. The number of rotatable bonds is 5. The molecular weight excluding hydrogens is 266 g/mol. The topological polar surface area (TPSA) is 17.1 Å². The molecule has 0 aliphatic rings. The Balaban J connectivity index is 1.90. The van der Waals surface area contributed by atoms with E-state index in [1.807, 2.05) is 30.3 Å². The molecule has 0 aliphatic carbocycles. The lowest BCUT2D eigenvalue weighted by Crippen LogP contribution is -2.05. The van der Waals surface area contributed by atoms with Gasteiger partial charge in [0, 0.05) is 17.4 Å². The van der Waals surface area contributed by atoms with Crippen LogP contribution in [-0.4, -0.2) is 11.5 Å². The monoisotopic (exact) mass is 278 g/mol. The summed E-state index contributed by atoms with van der Waals surface area (Å²) in [4.78, 5) is 12.0. The normalized spacial score (nSPS) is 10.4. The Morgan fingerprint density at radius 1 is 1.05 bits per heavy atom. The second-order valence-corrected chi connectivity index (χ2v) is 5.08. The van der Waals surface area contributed by atoms with Gasteiger partial charge in [-0.05, 0) is 17.7 Å². The molecule has 19 heavy (non-hydrogen) atoms. The van der Waals surface area contributed by atoms with Crippen molar-refractivity contribution in [2.45, 2.75) is 11.3 Å². The third-order valence-electron chi connectivity index (χ3n) is 2.53. The number of halogens is 2. The number of ketones is 1. The van der Waals surface area contributed by atoms with Crippen LogP contribution in [0.15, 0.2) is 53.4 Å². The average Bonchev–Trinajstić information content (AvgIpc) is 2.39. The van der Waals surface area contributed by atoms with Crippen LogP contribution in [0, 0.1) is 11.6 Å². The van der Waals surface area contributed by atoms with Crippen molar-refractivity contribution in [3.8, 4) is 0 Å². The van der Waals surface area contributed by atoms with Crippen LogP contribution in [0.4, 0.5) is 8.78 Å². The van der Waals surface area contributed by atoms with Crippen LogP contribution in [0.25, 0.3) is 0 Å². The maximum Gasteiger partial charge on any atom is 0.147 e. The van der Waals surface area contributed by atoms with Gasteiger partial charge in [-0.15, -0.1) is 11.8 Å². The molecule has 0 bridgehead atoms. The van der Waals surface area contributed by atoms with E-state index in [4.69, 9.17) is 0 Å². The summed E-state index contributed by atoms with van der Waals surface area (Å²) in [6.45, 7) is 0. The fourth-order valence-electron chi connectivity index (χ4n) is 1.63. The zero-order valence-electron chi connectivity index (χ0n) is 10.1. The maximum atomic E-state index is 13.4. The van der Waals surface area contributed by atoms with Crippen molar-refractivity contribution in [1.82, 2.24) is 0 Å². The third kappa shape index (κ3) is 4.17. The SMILES string of the molecule is O=C(CSc1ccc(F)cc1F)Cc1ccccc1. The lowest BCUT2D eigenvalue weighted by atomic mass is 10.1. The highest BCUT2D eigenvalue weighted by molar-refractivity contribution is 8.00. The number of hydrogen-bond donors (Lipinski definition) is 0. The van der Waals surface area contributed by atoms with Crippen LogP contribution in [0.3, 0.4) is 0 Å². The highest BCUT2D eigenvalue weighted by Gasteiger charge is 2.08. The molecule has 0 spiro atoms. The molecule has 0 radical (unpaired) electrons. The Labute approximate surface area is 114 Å². The van der Waals surface area contributed by atoms with Crippen molar-refractivity contribution in [3.63, 3.8) is 0 Å². The van der Waals surface area contributed by atoms with Gasteiger partial charge in [-0.25, -0.2) is 8.78 Å². The minimum atomic E-state index is -0.627. The predicted octanol–water partition coefficient (Wildman–Crippen LogP) is 3.87. The molecule has 2 aromatic carbocycles. The van der Waals surface area contributed by atoms with Crippen molar-refractivity contribution in [3.05, 3.63) is 65.7 Å². The van der Waals surface area contributed by atoms with E-state index in [2.05, 4.69) is 0 Å². The second-order valence-electron chi connectivity index (χ2n) is 4.06. The Morgan fingerprint density at radius 2 is 1.79 bits per heavy atom. The first kappa shape index (κ1) is 13.7. The zero-order valence-corrected chi connectivity index (χ0v) is 10.9. The molecule has 0 N–H and O–H groups in total. The first-order valence-corrected chi connectivity index (χ1v) is 6.77. The van der Waals surface area contributed by atoms with E-state index in [-0.39, 0.29) is 11.5 Å². The fraction of sp³-hybridized carbons (Fsp3) is 0.133. The molecule has 0 aliphatic heterocycles. The third-order valence-corrected chi connectivity index (χ3v) is 3.64. The molecule has 2 aromatic rings. The molecule has 0 amide bonds. The Morgan fingerprint density at radius 3 is 2.47 bits per heavy atom. The number of carbonyl (C=O) groups is 1. The van der Waals surface area contributed by atoms with Crippen molar-refractivity contribution < 1.29 is 13.6 Å². The number of Topliss-reactive ketones (excluding diaryl/α,β-unsaturated/α-hetero) is 1. The van der Waals surface area contributed by atoms with Gasteiger partial charge in [0.2, 0.25) is 0 Å². The molecule has 4 heteroatoms. The Kier molecular flexibility index (Phi) is 4.68. The van der Waals surface area contributed by atoms with E-state index in [0.717, 1.165) is 23.4 Å². The van der Waals surface area contributed by atoms with E-state index >= 15 is 0 Å². The summed E-state index contributed by atoms with van der Waals surface area (Å²) in [7, 11) is 0. The molecule has 0 heterocycles. The maximum absolute atomic E-state index is 13.4. The minimum absolute atomic E-state index is 0.0138. The summed E-state index contributed by atoms with van der Waals surface area (Å²) >= 11 is 1.09. The molecule has 0 saturated heterocycles. The van der Waals surface area contributed by atoms with Crippen LogP contribution in [-0.2, 0) is 11.2 Å². The summed E-state index contributed by atoms with van der Waals surface area (Å²) in [5.41, 5.74) is 0.938. The van der Waals surface area contributed by atoms with Gasteiger partial charge in [0.25, 0.3) is 0 Å². The number of thioether (sulfide) groups is 1. The summed E-state index contributed by atoms with van der Waals surface area (Å²) in [5.74, 6) is -1.05. The van der Waals surface area contributed by atoms with Crippen LogP contribution in [0.5, 0.6) is 0 Å². The van der Waals surface area contributed by atoms with Gasteiger partial charge in [-0.3, -0.25) is 4.79 Å². The molecule has 1 nitrogen and oxygen atoms in total. The number of hydrogen-bond acceptors (Lipinski definition) is 2. The lowest BCUT2D eigenvalue weighted by Gasteiger charge is -2.03. The fourth-order valence-corrected chi connectivity index (χ4v) is 2.40. The smallest absolute Gasteiger partial charge is 0.147 e. The molecule has 98 valence electrons. The molecule has 0 saturated carbocycles. The van der Waals surface area contributed by atoms with E-state index < -0.39 is 11.6 Å². The minimum Gasteiger partial charge on any atom is -0.298 e. The van der Waals surface area contributed by atoms with Crippen LogP contribution >= 0.6 is 11.8 Å². The van der Waals surface area contributed by atoms with Gasteiger partial charge in [0.1, 0.15) is 17.4 Å². The number of benzene rings is 2. The van der Waals surface area contributed by atoms with Crippen molar-refractivity contribution in [2.24, 2.45) is 0 Å². The highest BCUT2D eigenvalue weighted by Crippen LogP contribution is 2.22. The zero-order chi connectivity index (χ0) is 13.7. The van der Waals surface area contributed by atoms with Gasteiger partial charge in [-0.1, -0.05) is 30.3 Å². The van der Waals surface area contributed by atoms with Gasteiger partial charge in [0.05, 0.1) is 5.75 Å². The van der Waals surface area contributed by atoms with Crippen LogP contribution < -0.4 is 0 Å². The molecule has 0 unspecified atom stereocenters. The summed E-state index contributed by atoms with van der Waals surface area (Å²) < 4.78 is 26.1.